The highest BCUT2D eigenvalue weighted by Gasteiger charge is 2.52. The molecule has 1 amide bonds. The summed E-state index contributed by atoms with van der Waals surface area (Å²) in [5.41, 5.74) is 3.48. The molecule has 0 unspecified atom stereocenters. The van der Waals surface area contributed by atoms with Crippen LogP contribution in [0.4, 0.5) is 0 Å². The van der Waals surface area contributed by atoms with Crippen LogP contribution in [0.15, 0.2) is 161 Å². The van der Waals surface area contributed by atoms with Gasteiger partial charge in [-0.25, -0.2) is 4.99 Å². The Bertz CT molecular complexity index is 1840. The lowest BCUT2D eigenvalue weighted by atomic mass is 9.84. The first-order valence-electron chi connectivity index (χ1n) is 16.1. The normalized spacial score (nSPS) is 16.9. The molecule has 0 aromatic heterocycles. The molecule has 0 saturated heterocycles. The summed E-state index contributed by atoms with van der Waals surface area (Å²) in [6.45, 7) is 4.84. The smallest absolute Gasteiger partial charge is 0.252 e. The highest BCUT2D eigenvalue weighted by Crippen LogP contribution is 2.43. The Labute approximate surface area is 286 Å². The summed E-state index contributed by atoms with van der Waals surface area (Å²) in [4.78, 5) is 21.7. The molecule has 0 fully saturated rings. The number of amides is 1. The number of aliphatic hydroxyl groups excluding tert-OH is 1. The van der Waals surface area contributed by atoms with Gasteiger partial charge in [-0.3, -0.25) is 4.79 Å². The van der Waals surface area contributed by atoms with Crippen LogP contribution in [-0.4, -0.2) is 35.7 Å². The van der Waals surface area contributed by atoms with Crippen molar-refractivity contribution in [2.45, 2.75) is 40.8 Å². The number of benzene rings is 5. The summed E-state index contributed by atoms with van der Waals surface area (Å²) >= 11 is 1.67. The van der Waals surface area contributed by atoms with Crippen LogP contribution in [0.2, 0.25) is 0 Å². The van der Waals surface area contributed by atoms with Crippen molar-refractivity contribution in [2.75, 3.05) is 13.2 Å². The molecule has 1 heterocycles. The fraction of sp³-hybridized carbons (Fsp3) is 0.171. The average molecular weight is 655 g/mol. The molecule has 5 aromatic rings. The Morgan fingerprint density at radius 1 is 0.854 bits per heavy atom. The van der Waals surface area contributed by atoms with E-state index in [0.717, 1.165) is 37.6 Å². The van der Waals surface area contributed by atoms with Gasteiger partial charge in [-0.1, -0.05) is 109 Å². The molecule has 0 spiro atoms. The number of rotatable bonds is 14. The maximum Gasteiger partial charge on any atom is 0.252 e. The average Bonchev–Trinajstić information content (AvgIpc) is 3.53. The lowest BCUT2D eigenvalue weighted by molar-refractivity contribution is -0.129. The van der Waals surface area contributed by atoms with Crippen molar-refractivity contribution < 1.29 is 19.4 Å². The molecule has 2 N–H and O–H groups in total. The zero-order valence-electron chi connectivity index (χ0n) is 26.6. The van der Waals surface area contributed by atoms with Crippen molar-refractivity contribution in [3.8, 4) is 16.9 Å². The second-order valence-corrected chi connectivity index (χ2v) is 12.6. The first kappa shape index (κ1) is 32.8. The Morgan fingerprint density at radius 2 is 1.50 bits per heavy atom. The molecular weight excluding hydrogens is 617 g/mol. The van der Waals surface area contributed by atoms with Gasteiger partial charge in [-0.15, -0.1) is 6.58 Å². The number of nitrogens with zero attached hydrogens (tertiary/aromatic N) is 1. The second-order valence-electron chi connectivity index (χ2n) is 11.5. The van der Waals surface area contributed by atoms with E-state index in [1.54, 1.807) is 17.8 Å². The van der Waals surface area contributed by atoms with Crippen molar-refractivity contribution in [3.05, 3.63) is 163 Å². The SMILES string of the molecule is C=CC[C@@]1(C(=O)NCc2ccccc2Sc2ccccc2)N=C(c2ccc(OCCCO)cc2)O[C@@H]1c1ccc(-c2ccccc2)cc1. The molecule has 2 atom stereocenters. The molecule has 0 saturated carbocycles. The van der Waals surface area contributed by atoms with Gasteiger partial charge in [0.1, 0.15) is 5.75 Å². The Kier molecular flexibility index (Phi) is 10.7. The lowest BCUT2D eigenvalue weighted by Gasteiger charge is -2.30. The van der Waals surface area contributed by atoms with Crippen molar-refractivity contribution in [1.82, 2.24) is 5.32 Å². The van der Waals surface area contributed by atoms with E-state index < -0.39 is 11.6 Å². The number of hydrogen-bond acceptors (Lipinski definition) is 6. The van der Waals surface area contributed by atoms with Gasteiger partial charge >= 0.3 is 0 Å². The number of ether oxygens (including phenoxy) is 2. The van der Waals surface area contributed by atoms with Crippen LogP contribution >= 0.6 is 11.8 Å². The zero-order chi connectivity index (χ0) is 33.2. The third-order valence-electron chi connectivity index (χ3n) is 8.19. The molecule has 1 aliphatic rings. The van der Waals surface area contributed by atoms with E-state index in [9.17, 15) is 4.79 Å². The van der Waals surface area contributed by atoms with Gasteiger partial charge in [0.15, 0.2) is 11.6 Å². The van der Waals surface area contributed by atoms with Gasteiger partial charge < -0.3 is 19.9 Å². The van der Waals surface area contributed by atoms with Crippen molar-refractivity contribution >= 4 is 23.6 Å². The van der Waals surface area contributed by atoms with E-state index in [-0.39, 0.29) is 18.9 Å². The van der Waals surface area contributed by atoms with Crippen LogP contribution in [-0.2, 0) is 16.1 Å². The molecule has 48 heavy (non-hydrogen) atoms. The monoisotopic (exact) mass is 654 g/mol. The standard InChI is InChI=1S/C41H38N2O4S/c1-2-26-41(40(45)42-29-34-14-9-10-17-37(34)48-36-15-7-4-8-16-36)38(32-20-18-31(19-21-32)30-12-5-3-6-13-30)47-39(43-41)33-22-24-35(25-23-33)46-28-11-27-44/h2-10,12-25,38,44H,1,11,26-29H2,(H,42,45)/t38-,41-/m1/s1. The number of carbonyl (C=O) groups excluding carboxylic acids is 1. The van der Waals surface area contributed by atoms with E-state index in [2.05, 4.69) is 54.4 Å². The van der Waals surface area contributed by atoms with Gasteiger partial charge in [-0.2, -0.15) is 0 Å². The van der Waals surface area contributed by atoms with Crippen molar-refractivity contribution in [3.63, 3.8) is 0 Å². The van der Waals surface area contributed by atoms with Gasteiger partial charge in [0, 0.05) is 41.3 Å². The maximum atomic E-state index is 14.5. The minimum absolute atomic E-state index is 0.0708. The molecule has 0 aliphatic carbocycles. The fourth-order valence-electron chi connectivity index (χ4n) is 5.71. The fourth-order valence-corrected chi connectivity index (χ4v) is 6.67. The molecule has 6 rings (SSSR count). The Balaban J connectivity index is 1.31. The van der Waals surface area contributed by atoms with Crippen LogP contribution < -0.4 is 10.1 Å². The minimum Gasteiger partial charge on any atom is -0.494 e. The van der Waals surface area contributed by atoms with Crippen LogP contribution in [0.3, 0.4) is 0 Å². The first-order valence-corrected chi connectivity index (χ1v) is 16.9. The number of nitrogens with one attached hydrogen (secondary N) is 1. The quantitative estimate of drug-likeness (QED) is 0.0929. The third kappa shape index (κ3) is 7.54. The number of aliphatic hydroxyl groups is 1. The summed E-state index contributed by atoms with van der Waals surface area (Å²) < 4.78 is 12.3. The van der Waals surface area contributed by atoms with Gasteiger partial charge in [0.2, 0.25) is 5.90 Å². The predicted molar refractivity (Wildman–Crippen MR) is 192 cm³/mol. The van der Waals surface area contributed by atoms with Crippen molar-refractivity contribution in [1.29, 1.82) is 0 Å². The lowest BCUT2D eigenvalue weighted by Crippen LogP contribution is -2.47. The molecule has 0 radical (unpaired) electrons. The van der Waals surface area contributed by atoms with Gasteiger partial charge in [0.25, 0.3) is 5.91 Å². The highest BCUT2D eigenvalue weighted by molar-refractivity contribution is 7.99. The summed E-state index contributed by atoms with van der Waals surface area (Å²) in [5, 5.41) is 12.3. The second kappa shape index (κ2) is 15.7. The summed E-state index contributed by atoms with van der Waals surface area (Å²) in [7, 11) is 0. The summed E-state index contributed by atoms with van der Waals surface area (Å²) in [5.74, 6) is 0.824. The van der Waals surface area contributed by atoms with E-state index >= 15 is 0 Å². The van der Waals surface area contributed by atoms with E-state index in [1.165, 1.54) is 0 Å². The zero-order valence-corrected chi connectivity index (χ0v) is 27.4. The first-order chi connectivity index (χ1) is 23.6. The van der Waals surface area contributed by atoms with Gasteiger partial charge in [-0.05, 0) is 64.7 Å². The number of carbonyl (C=O) groups is 1. The maximum absolute atomic E-state index is 14.5. The van der Waals surface area contributed by atoms with Crippen LogP contribution in [0, 0.1) is 0 Å². The van der Waals surface area contributed by atoms with E-state index in [1.807, 2.05) is 91.0 Å². The summed E-state index contributed by atoms with van der Waals surface area (Å²) in [6.07, 6.45) is 1.87. The number of hydrogen-bond donors (Lipinski definition) is 2. The molecule has 5 aromatic carbocycles. The molecular formula is C41H38N2O4S. The van der Waals surface area contributed by atoms with Crippen LogP contribution in [0.1, 0.15) is 35.6 Å². The topological polar surface area (TPSA) is 80.2 Å². The summed E-state index contributed by atoms with van der Waals surface area (Å²) in [6, 6.07) is 44.0. The Hall–Kier alpha value is -5.11. The van der Waals surface area contributed by atoms with E-state index in [4.69, 9.17) is 19.6 Å². The molecule has 0 bridgehead atoms. The van der Waals surface area contributed by atoms with Crippen LogP contribution in [0.5, 0.6) is 5.75 Å². The van der Waals surface area contributed by atoms with Crippen LogP contribution in [0.25, 0.3) is 11.1 Å². The number of aliphatic imine (C=N–C) groups is 1. The predicted octanol–water partition coefficient (Wildman–Crippen LogP) is 8.42. The third-order valence-corrected chi connectivity index (χ3v) is 9.32. The molecule has 7 heteroatoms. The van der Waals surface area contributed by atoms with Gasteiger partial charge in [0.05, 0.1) is 6.61 Å². The minimum atomic E-state index is -1.29. The van der Waals surface area contributed by atoms with Crippen molar-refractivity contribution in [2.24, 2.45) is 4.99 Å². The van der Waals surface area contributed by atoms with E-state index in [0.29, 0.717) is 31.2 Å². The largest absolute Gasteiger partial charge is 0.494 e. The molecule has 6 nitrogen and oxygen atoms in total. The molecule has 242 valence electrons. The highest BCUT2D eigenvalue weighted by atomic mass is 32.2. The molecule has 1 aliphatic heterocycles. The Morgan fingerprint density at radius 3 is 2.21 bits per heavy atom.